The zero-order valence-corrected chi connectivity index (χ0v) is 13.1. The molecule has 1 aromatic heterocycles. The summed E-state index contributed by atoms with van der Waals surface area (Å²) in [6, 6.07) is 6.29. The van der Waals surface area contributed by atoms with E-state index in [0.717, 1.165) is 17.7 Å². The van der Waals surface area contributed by atoms with E-state index in [1.54, 1.807) is 4.68 Å². The highest BCUT2D eigenvalue weighted by Crippen LogP contribution is 2.27. The summed E-state index contributed by atoms with van der Waals surface area (Å²) in [5.41, 5.74) is 8.61. The molecule has 1 unspecified atom stereocenters. The first-order valence-electron chi connectivity index (χ1n) is 6.66. The first-order valence-corrected chi connectivity index (χ1v) is 7.03. The molecule has 108 valence electrons. The molecule has 0 aliphatic carbocycles. The van der Waals surface area contributed by atoms with Crippen molar-refractivity contribution in [2.75, 3.05) is 0 Å². The monoisotopic (exact) mass is 292 g/mol. The number of aromatic nitrogens is 2. The summed E-state index contributed by atoms with van der Waals surface area (Å²) in [7, 11) is 1.85. The Labute approximate surface area is 124 Å². The Morgan fingerprint density at radius 3 is 2.60 bits per heavy atom. The molecule has 0 saturated carbocycles. The number of nitrogens with two attached hydrogens (primary N) is 1. The van der Waals surface area contributed by atoms with Gasteiger partial charge in [0.25, 0.3) is 0 Å². The van der Waals surface area contributed by atoms with Crippen LogP contribution in [0.4, 0.5) is 0 Å². The lowest BCUT2D eigenvalue weighted by molar-refractivity contribution is 0.548. The van der Waals surface area contributed by atoms with E-state index >= 15 is 0 Å². The van der Waals surface area contributed by atoms with Crippen LogP contribution in [0.1, 0.15) is 34.0 Å². The van der Waals surface area contributed by atoms with Gasteiger partial charge in [-0.3, -0.25) is 16.0 Å². The molecule has 2 rings (SSSR count). The van der Waals surface area contributed by atoms with Crippen LogP contribution >= 0.6 is 11.6 Å². The molecule has 1 atom stereocenters. The number of hydrogen-bond donors (Lipinski definition) is 2. The normalized spacial score (nSPS) is 12.7. The van der Waals surface area contributed by atoms with Crippen molar-refractivity contribution in [3.63, 3.8) is 0 Å². The predicted molar refractivity (Wildman–Crippen MR) is 82.6 cm³/mol. The summed E-state index contributed by atoms with van der Waals surface area (Å²) in [6.45, 7) is 6.19. The minimum atomic E-state index is 0.0234. The molecule has 0 amide bonds. The minimum Gasteiger partial charge on any atom is -0.271 e. The van der Waals surface area contributed by atoms with E-state index in [0.29, 0.717) is 5.15 Å². The Kier molecular flexibility index (Phi) is 4.48. The zero-order valence-electron chi connectivity index (χ0n) is 12.4. The van der Waals surface area contributed by atoms with Crippen LogP contribution in [0.2, 0.25) is 5.15 Å². The van der Waals surface area contributed by atoms with E-state index in [9.17, 15) is 0 Å². The third kappa shape index (κ3) is 2.73. The third-order valence-corrected chi connectivity index (χ3v) is 4.37. The molecule has 4 nitrogen and oxygen atoms in total. The van der Waals surface area contributed by atoms with Gasteiger partial charge in [0.05, 0.1) is 11.7 Å². The molecular weight excluding hydrogens is 272 g/mol. The van der Waals surface area contributed by atoms with Crippen LogP contribution in [0.25, 0.3) is 0 Å². The molecular formula is C15H21ClN4. The molecule has 1 aromatic carbocycles. The fraction of sp³-hybridized carbons (Fsp3) is 0.400. The summed E-state index contributed by atoms with van der Waals surface area (Å²) in [5, 5.41) is 5.02. The highest BCUT2D eigenvalue weighted by atomic mass is 35.5. The summed E-state index contributed by atoms with van der Waals surface area (Å²) in [5.74, 6) is 5.76. The van der Waals surface area contributed by atoms with Crippen molar-refractivity contribution in [1.29, 1.82) is 0 Å². The third-order valence-electron chi connectivity index (χ3n) is 3.90. The summed E-state index contributed by atoms with van der Waals surface area (Å²) in [4.78, 5) is 0. The smallest absolute Gasteiger partial charge is 0.130 e. The van der Waals surface area contributed by atoms with Crippen molar-refractivity contribution in [3.8, 4) is 0 Å². The van der Waals surface area contributed by atoms with Gasteiger partial charge in [-0.25, -0.2) is 0 Å². The molecule has 0 spiro atoms. The van der Waals surface area contributed by atoms with Crippen LogP contribution in [0, 0.1) is 20.8 Å². The van der Waals surface area contributed by atoms with Gasteiger partial charge in [-0.05, 0) is 43.9 Å². The zero-order chi connectivity index (χ0) is 14.9. The second kappa shape index (κ2) is 5.95. The van der Waals surface area contributed by atoms with Crippen LogP contribution in [0.3, 0.4) is 0 Å². The first-order chi connectivity index (χ1) is 9.45. The topological polar surface area (TPSA) is 55.9 Å². The van der Waals surface area contributed by atoms with E-state index < -0.39 is 0 Å². The average molecular weight is 293 g/mol. The highest BCUT2D eigenvalue weighted by molar-refractivity contribution is 6.30. The van der Waals surface area contributed by atoms with Gasteiger partial charge in [-0.1, -0.05) is 29.8 Å². The Hall–Kier alpha value is -1.36. The molecule has 0 fully saturated rings. The van der Waals surface area contributed by atoms with Crippen molar-refractivity contribution in [2.24, 2.45) is 12.9 Å². The van der Waals surface area contributed by atoms with Crippen LogP contribution in [0.5, 0.6) is 0 Å². The fourth-order valence-electron chi connectivity index (χ4n) is 2.52. The Balaban J connectivity index is 2.36. The Bertz CT molecular complexity index is 619. The molecule has 0 aliphatic rings. The van der Waals surface area contributed by atoms with Crippen molar-refractivity contribution >= 4 is 11.6 Å². The standard InChI is InChI=1S/C15H21ClN4/c1-9-6-5-7-12(10(9)2)14(18-17)8-13-11(3)19-20(4)15(13)16/h5-7,14,18H,8,17H2,1-4H3. The second-order valence-corrected chi connectivity index (χ2v) is 5.55. The van der Waals surface area contributed by atoms with Gasteiger partial charge in [0, 0.05) is 12.6 Å². The molecule has 0 radical (unpaired) electrons. The molecule has 3 N–H and O–H groups in total. The van der Waals surface area contributed by atoms with E-state index in [1.165, 1.54) is 16.7 Å². The van der Waals surface area contributed by atoms with E-state index in [2.05, 4.69) is 42.6 Å². The molecule has 20 heavy (non-hydrogen) atoms. The van der Waals surface area contributed by atoms with Crippen LogP contribution in [0.15, 0.2) is 18.2 Å². The molecule has 0 bridgehead atoms. The van der Waals surface area contributed by atoms with Gasteiger partial charge in [0.15, 0.2) is 0 Å². The maximum Gasteiger partial charge on any atom is 0.130 e. The fourth-order valence-corrected chi connectivity index (χ4v) is 2.77. The molecule has 0 saturated heterocycles. The summed E-state index contributed by atoms with van der Waals surface area (Å²) in [6.07, 6.45) is 0.722. The van der Waals surface area contributed by atoms with Gasteiger partial charge in [-0.2, -0.15) is 5.10 Å². The number of nitrogens with zero attached hydrogens (tertiary/aromatic N) is 2. The van der Waals surface area contributed by atoms with Crippen LogP contribution in [-0.2, 0) is 13.5 Å². The van der Waals surface area contributed by atoms with Crippen molar-refractivity contribution in [2.45, 2.75) is 33.2 Å². The molecule has 2 aromatic rings. The maximum absolute atomic E-state index is 6.31. The lowest BCUT2D eigenvalue weighted by Gasteiger charge is -2.19. The van der Waals surface area contributed by atoms with Crippen molar-refractivity contribution < 1.29 is 0 Å². The average Bonchev–Trinajstić information content (AvgIpc) is 2.65. The number of hydrazine groups is 1. The number of hydrogen-bond acceptors (Lipinski definition) is 3. The van der Waals surface area contributed by atoms with Crippen LogP contribution in [-0.4, -0.2) is 9.78 Å². The number of aryl methyl sites for hydroxylation is 3. The lowest BCUT2D eigenvalue weighted by Crippen LogP contribution is -2.30. The lowest BCUT2D eigenvalue weighted by atomic mass is 9.94. The van der Waals surface area contributed by atoms with Crippen LogP contribution < -0.4 is 11.3 Å². The van der Waals surface area contributed by atoms with Gasteiger partial charge in [0.1, 0.15) is 5.15 Å². The van der Waals surface area contributed by atoms with Gasteiger partial charge < -0.3 is 0 Å². The molecule has 0 aliphatic heterocycles. The quantitative estimate of drug-likeness (QED) is 0.673. The number of halogens is 1. The number of rotatable bonds is 4. The van der Waals surface area contributed by atoms with E-state index in [4.69, 9.17) is 17.4 Å². The predicted octanol–water partition coefficient (Wildman–Crippen LogP) is 2.75. The largest absolute Gasteiger partial charge is 0.271 e. The summed E-state index contributed by atoms with van der Waals surface area (Å²) < 4.78 is 1.70. The SMILES string of the molecule is Cc1cccc(C(Cc2c(C)nn(C)c2Cl)NN)c1C. The number of benzene rings is 1. The summed E-state index contributed by atoms with van der Waals surface area (Å²) >= 11 is 6.31. The van der Waals surface area contributed by atoms with Crippen molar-refractivity contribution in [1.82, 2.24) is 15.2 Å². The number of nitrogens with one attached hydrogen (secondary N) is 1. The van der Waals surface area contributed by atoms with Crippen molar-refractivity contribution in [3.05, 3.63) is 51.3 Å². The molecule has 1 heterocycles. The van der Waals surface area contributed by atoms with E-state index in [-0.39, 0.29) is 6.04 Å². The maximum atomic E-state index is 6.31. The molecule has 5 heteroatoms. The highest BCUT2D eigenvalue weighted by Gasteiger charge is 2.19. The second-order valence-electron chi connectivity index (χ2n) is 5.19. The van der Waals surface area contributed by atoms with Gasteiger partial charge in [0.2, 0.25) is 0 Å². The Morgan fingerprint density at radius 2 is 2.05 bits per heavy atom. The minimum absolute atomic E-state index is 0.0234. The first kappa shape index (κ1) is 15.0. The van der Waals surface area contributed by atoms with Gasteiger partial charge >= 0.3 is 0 Å². The van der Waals surface area contributed by atoms with Gasteiger partial charge in [-0.15, -0.1) is 0 Å². The Morgan fingerprint density at radius 1 is 1.35 bits per heavy atom. The van der Waals surface area contributed by atoms with E-state index in [1.807, 2.05) is 14.0 Å².